The number of nitrogens with zero attached hydrogens (tertiary/aromatic N) is 7. The predicted octanol–water partition coefficient (Wildman–Crippen LogP) is 5.66. The number of rotatable bonds is 5. The van der Waals surface area contributed by atoms with Crippen LogP contribution in [0.2, 0.25) is 0 Å². The Bertz CT molecular complexity index is 1860. The van der Waals surface area contributed by atoms with Crippen molar-refractivity contribution in [2.75, 3.05) is 31.9 Å². The molecule has 0 spiro atoms. The molecule has 1 aliphatic rings. The van der Waals surface area contributed by atoms with Crippen LogP contribution >= 0.6 is 0 Å². The van der Waals surface area contributed by atoms with Gasteiger partial charge in [0.05, 0.1) is 22.9 Å². The molecule has 2 aromatic carbocycles. The summed E-state index contributed by atoms with van der Waals surface area (Å²) in [5.74, 6) is 1.03. The highest BCUT2D eigenvalue weighted by molar-refractivity contribution is 5.84. The lowest BCUT2D eigenvalue weighted by Crippen LogP contribution is -2.49. The molecule has 0 aliphatic carbocycles. The number of amides is 1. The molecule has 1 saturated heterocycles. The van der Waals surface area contributed by atoms with Crippen molar-refractivity contribution in [3.05, 3.63) is 90.1 Å². The first-order chi connectivity index (χ1) is 21.2. The maximum Gasteiger partial charge on any atom is 0.410 e. The average Bonchev–Trinajstić information content (AvgIpc) is 3.40. The molecule has 2 N–H and O–H groups in total. The first kappa shape index (κ1) is 28.8. The predicted molar refractivity (Wildman–Crippen MR) is 170 cm³/mol. The summed E-state index contributed by atoms with van der Waals surface area (Å²) < 4.78 is 7.54. The molecule has 0 radical (unpaired) electrons. The van der Waals surface area contributed by atoms with E-state index in [1.54, 1.807) is 17.2 Å². The van der Waals surface area contributed by atoms with Crippen LogP contribution in [0.25, 0.3) is 39.5 Å². The normalized spacial score (nSPS) is 14.0. The summed E-state index contributed by atoms with van der Waals surface area (Å²) in [6.07, 6.45) is 1.40. The van der Waals surface area contributed by atoms with Crippen LogP contribution in [0.3, 0.4) is 0 Å². The molecule has 10 heteroatoms. The number of ether oxygens (including phenoxy) is 1. The van der Waals surface area contributed by atoms with Crippen LogP contribution in [0.4, 0.5) is 10.6 Å². The maximum absolute atomic E-state index is 12.5. The quantitative estimate of drug-likeness (QED) is 0.280. The summed E-state index contributed by atoms with van der Waals surface area (Å²) in [5.41, 5.74) is 12.1. The Kier molecular flexibility index (Phi) is 7.72. The Hall–Kier alpha value is -5.27. The molecule has 1 fully saturated rings. The highest BCUT2D eigenvalue weighted by Gasteiger charge is 2.26. The van der Waals surface area contributed by atoms with E-state index < -0.39 is 5.60 Å². The van der Waals surface area contributed by atoms with Crippen molar-refractivity contribution >= 4 is 23.1 Å². The smallest absolute Gasteiger partial charge is 0.410 e. The fraction of sp³-hybridized carbons (Fsp3) is 0.265. The van der Waals surface area contributed by atoms with Crippen molar-refractivity contribution < 1.29 is 9.53 Å². The zero-order valence-corrected chi connectivity index (χ0v) is 25.1. The van der Waals surface area contributed by atoms with E-state index in [0.717, 1.165) is 47.7 Å². The molecule has 6 rings (SSSR count). The monoisotopic (exact) mass is 586 g/mol. The standard InChI is InChI=1S/C34H34N8O2/c1-34(2,3)44-33(43)41-18-16-40(17-19-41)22-23-9-11-26(12-10-23)42-31(27-8-5-15-37-30(27)36)39-29-14-13-28(38-32(29)42)25-7-4-6-24(20-25)21-35/h4-15,20H,16-19,22H2,1-3H3,(H2,36,37). The van der Waals surface area contributed by atoms with E-state index in [2.05, 4.69) is 40.2 Å². The molecule has 0 saturated carbocycles. The molecule has 1 aliphatic heterocycles. The minimum absolute atomic E-state index is 0.256. The van der Waals surface area contributed by atoms with Crippen LogP contribution in [0.15, 0.2) is 79.0 Å². The minimum Gasteiger partial charge on any atom is -0.444 e. The number of carbonyl (C=O) groups is 1. The SMILES string of the molecule is CC(C)(C)OC(=O)N1CCN(Cc2ccc(-n3c(-c4cccnc4N)nc4ccc(-c5cccc(C#N)c5)nc43)cc2)CC1. The number of piperazine rings is 1. The van der Waals surface area contributed by atoms with Crippen molar-refractivity contribution in [1.29, 1.82) is 5.26 Å². The lowest BCUT2D eigenvalue weighted by molar-refractivity contribution is 0.0139. The van der Waals surface area contributed by atoms with Gasteiger partial charge in [0.1, 0.15) is 16.9 Å². The van der Waals surface area contributed by atoms with E-state index >= 15 is 0 Å². The molecule has 4 heterocycles. The average molecular weight is 587 g/mol. The second-order valence-electron chi connectivity index (χ2n) is 11.8. The third-order valence-corrected chi connectivity index (χ3v) is 7.50. The Morgan fingerprint density at radius 2 is 1.75 bits per heavy atom. The number of anilines is 1. The molecule has 0 bridgehead atoms. The van der Waals surface area contributed by atoms with Crippen LogP contribution < -0.4 is 5.73 Å². The van der Waals surface area contributed by atoms with Gasteiger partial charge in [0.2, 0.25) is 0 Å². The molecular formula is C34H34N8O2. The maximum atomic E-state index is 12.5. The lowest BCUT2D eigenvalue weighted by atomic mass is 10.1. The first-order valence-corrected chi connectivity index (χ1v) is 14.6. The second kappa shape index (κ2) is 11.8. The molecule has 10 nitrogen and oxygen atoms in total. The van der Waals surface area contributed by atoms with Gasteiger partial charge < -0.3 is 15.4 Å². The Morgan fingerprint density at radius 3 is 2.45 bits per heavy atom. The molecule has 222 valence electrons. The van der Waals surface area contributed by atoms with Crippen molar-refractivity contribution in [3.8, 4) is 34.4 Å². The van der Waals surface area contributed by atoms with Crippen molar-refractivity contribution in [2.24, 2.45) is 0 Å². The Balaban J connectivity index is 1.29. The molecular weight excluding hydrogens is 552 g/mol. The Morgan fingerprint density at radius 1 is 0.977 bits per heavy atom. The van der Waals surface area contributed by atoms with E-state index in [-0.39, 0.29) is 6.09 Å². The number of carbonyl (C=O) groups excluding carboxylic acids is 1. The van der Waals surface area contributed by atoms with Gasteiger partial charge in [-0.15, -0.1) is 0 Å². The fourth-order valence-corrected chi connectivity index (χ4v) is 5.32. The number of nitriles is 1. The molecule has 3 aromatic heterocycles. The molecule has 44 heavy (non-hydrogen) atoms. The number of benzene rings is 2. The van der Waals surface area contributed by atoms with Gasteiger partial charge in [-0.2, -0.15) is 5.26 Å². The molecule has 0 unspecified atom stereocenters. The van der Waals surface area contributed by atoms with Gasteiger partial charge in [0, 0.05) is 50.2 Å². The van der Waals surface area contributed by atoms with Gasteiger partial charge in [-0.25, -0.2) is 19.7 Å². The zero-order chi connectivity index (χ0) is 30.8. The van der Waals surface area contributed by atoms with Gasteiger partial charge in [0.25, 0.3) is 0 Å². The zero-order valence-electron chi connectivity index (χ0n) is 25.1. The first-order valence-electron chi connectivity index (χ1n) is 14.6. The van der Waals surface area contributed by atoms with Crippen molar-refractivity contribution in [1.82, 2.24) is 29.3 Å². The van der Waals surface area contributed by atoms with Gasteiger partial charge in [0.15, 0.2) is 11.5 Å². The van der Waals surface area contributed by atoms with Crippen LogP contribution in [0.5, 0.6) is 0 Å². The molecule has 5 aromatic rings. The van der Waals surface area contributed by atoms with Crippen molar-refractivity contribution in [2.45, 2.75) is 32.9 Å². The van der Waals surface area contributed by atoms with Crippen LogP contribution in [-0.2, 0) is 11.3 Å². The summed E-state index contributed by atoms with van der Waals surface area (Å²) in [6.45, 7) is 9.24. The Labute approximate surface area is 256 Å². The number of fused-ring (bicyclic) bond motifs is 1. The summed E-state index contributed by atoms with van der Waals surface area (Å²) in [4.78, 5) is 30.8. The molecule has 1 amide bonds. The van der Waals surface area contributed by atoms with Gasteiger partial charge in [-0.3, -0.25) is 9.47 Å². The van der Waals surface area contributed by atoms with E-state index in [1.807, 2.05) is 67.8 Å². The fourth-order valence-electron chi connectivity index (χ4n) is 5.32. The number of nitrogen functional groups attached to an aromatic ring is 1. The number of aromatic nitrogens is 4. The largest absolute Gasteiger partial charge is 0.444 e. The van der Waals surface area contributed by atoms with Crippen molar-refractivity contribution in [3.63, 3.8) is 0 Å². The third-order valence-electron chi connectivity index (χ3n) is 7.50. The number of imidazole rings is 1. The van der Waals surface area contributed by atoms with Gasteiger partial charge in [-0.1, -0.05) is 24.3 Å². The van der Waals surface area contributed by atoms with Crippen LogP contribution in [-0.4, -0.2) is 67.2 Å². The molecule has 0 atom stereocenters. The number of nitrogens with two attached hydrogens (primary N) is 1. The minimum atomic E-state index is -0.501. The van der Waals surface area contributed by atoms with E-state index in [0.29, 0.717) is 41.5 Å². The number of hydrogen-bond acceptors (Lipinski definition) is 8. The topological polar surface area (TPSA) is 126 Å². The number of hydrogen-bond donors (Lipinski definition) is 1. The second-order valence-corrected chi connectivity index (χ2v) is 11.8. The summed E-state index contributed by atoms with van der Waals surface area (Å²) in [6, 6.07) is 25.6. The van der Waals surface area contributed by atoms with Crippen LogP contribution in [0, 0.1) is 11.3 Å². The number of pyridine rings is 2. The summed E-state index contributed by atoms with van der Waals surface area (Å²) >= 11 is 0. The van der Waals surface area contributed by atoms with Gasteiger partial charge in [-0.05, 0) is 74.9 Å². The highest BCUT2D eigenvalue weighted by atomic mass is 16.6. The van der Waals surface area contributed by atoms with E-state index in [4.69, 9.17) is 20.4 Å². The summed E-state index contributed by atoms with van der Waals surface area (Å²) in [7, 11) is 0. The van der Waals surface area contributed by atoms with E-state index in [9.17, 15) is 10.1 Å². The lowest BCUT2D eigenvalue weighted by Gasteiger charge is -2.35. The van der Waals surface area contributed by atoms with E-state index in [1.165, 1.54) is 0 Å². The van der Waals surface area contributed by atoms with Crippen LogP contribution in [0.1, 0.15) is 31.9 Å². The summed E-state index contributed by atoms with van der Waals surface area (Å²) in [5, 5.41) is 9.40. The third kappa shape index (κ3) is 6.09. The van der Waals surface area contributed by atoms with Gasteiger partial charge >= 0.3 is 6.09 Å². The highest BCUT2D eigenvalue weighted by Crippen LogP contribution is 2.32.